The Hall–Kier alpha value is -1.82. The molecule has 2 N–H and O–H groups in total. The number of nitrogens with two attached hydrogens (primary N) is 1. The summed E-state index contributed by atoms with van der Waals surface area (Å²) in [7, 11) is 0. The van der Waals surface area contributed by atoms with Crippen molar-refractivity contribution in [3.63, 3.8) is 0 Å². The van der Waals surface area contributed by atoms with E-state index >= 15 is 0 Å². The van der Waals surface area contributed by atoms with Gasteiger partial charge in [0.1, 0.15) is 6.54 Å². The molecule has 0 spiro atoms. The van der Waals surface area contributed by atoms with Gasteiger partial charge >= 0.3 is 0 Å². The summed E-state index contributed by atoms with van der Waals surface area (Å²) >= 11 is 0. The summed E-state index contributed by atoms with van der Waals surface area (Å²) in [6.07, 6.45) is 19.5. The van der Waals surface area contributed by atoms with Gasteiger partial charge in [-0.15, -0.1) is 0 Å². The first-order valence-electron chi connectivity index (χ1n) is 12.1. The lowest BCUT2D eigenvalue weighted by molar-refractivity contribution is -0.697. The van der Waals surface area contributed by atoms with Crippen molar-refractivity contribution in [2.45, 2.75) is 70.8 Å². The molecule has 0 aliphatic heterocycles. The van der Waals surface area contributed by atoms with Crippen LogP contribution >= 0.6 is 0 Å². The molecule has 31 heavy (non-hydrogen) atoms. The first kappa shape index (κ1) is 25.4. The van der Waals surface area contributed by atoms with Crippen molar-refractivity contribution < 1.29 is 14.0 Å². The zero-order chi connectivity index (χ0) is 21.8. The van der Waals surface area contributed by atoms with E-state index in [-0.39, 0.29) is 0 Å². The molecule has 0 saturated carbocycles. The Kier molecular flexibility index (Phi) is 14.6. The Morgan fingerprint density at radius 2 is 1.42 bits per heavy atom. The van der Waals surface area contributed by atoms with E-state index < -0.39 is 0 Å². The fourth-order valence-electron chi connectivity index (χ4n) is 3.57. The van der Waals surface area contributed by atoms with Crippen molar-refractivity contribution in [2.24, 2.45) is 5.73 Å². The van der Waals surface area contributed by atoms with Crippen LogP contribution in [-0.4, -0.2) is 38.0 Å². The van der Waals surface area contributed by atoms with Crippen molar-refractivity contribution in [2.75, 3.05) is 33.0 Å². The van der Waals surface area contributed by atoms with E-state index in [0.29, 0.717) is 0 Å². The minimum atomic E-state index is 0.759. The predicted octanol–water partition coefficient (Wildman–Crippen LogP) is 4.27. The SMILES string of the molecule is NCCCCOCCCc1ccc[n+](CCCCCCOCCCc2cccnc2)c1. The van der Waals surface area contributed by atoms with Crippen LogP contribution in [0.5, 0.6) is 0 Å². The Balaban J connectivity index is 1.42. The van der Waals surface area contributed by atoms with E-state index in [1.54, 1.807) is 0 Å². The van der Waals surface area contributed by atoms with E-state index in [1.807, 2.05) is 18.5 Å². The second kappa shape index (κ2) is 17.8. The van der Waals surface area contributed by atoms with E-state index in [0.717, 1.165) is 84.5 Å². The average molecular weight is 429 g/mol. The maximum atomic E-state index is 5.77. The second-order valence-corrected chi connectivity index (χ2v) is 8.15. The molecule has 0 radical (unpaired) electrons. The summed E-state index contributed by atoms with van der Waals surface area (Å²) < 4.78 is 13.8. The number of rotatable bonds is 19. The summed E-state index contributed by atoms with van der Waals surface area (Å²) in [5, 5.41) is 0. The van der Waals surface area contributed by atoms with Crippen LogP contribution in [0.25, 0.3) is 0 Å². The number of hydrogen-bond acceptors (Lipinski definition) is 4. The Labute approximate surface area is 189 Å². The molecule has 2 aromatic rings. The topological polar surface area (TPSA) is 61.2 Å². The molecule has 0 aliphatic carbocycles. The highest BCUT2D eigenvalue weighted by molar-refractivity contribution is 5.08. The monoisotopic (exact) mass is 428 g/mol. The predicted molar refractivity (Wildman–Crippen MR) is 126 cm³/mol. The molecule has 2 aromatic heterocycles. The van der Waals surface area contributed by atoms with Gasteiger partial charge in [-0.2, -0.15) is 0 Å². The van der Waals surface area contributed by atoms with Crippen molar-refractivity contribution in [3.8, 4) is 0 Å². The van der Waals surface area contributed by atoms with Gasteiger partial charge in [-0.1, -0.05) is 12.5 Å². The normalized spacial score (nSPS) is 11.1. The lowest BCUT2D eigenvalue weighted by atomic mass is 10.1. The molecule has 0 atom stereocenters. The first-order valence-corrected chi connectivity index (χ1v) is 12.1. The fourth-order valence-corrected chi connectivity index (χ4v) is 3.57. The molecule has 0 saturated heterocycles. The molecule has 2 heterocycles. The molecule has 0 fully saturated rings. The lowest BCUT2D eigenvalue weighted by Crippen LogP contribution is -2.33. The smallest absolute Gasteiger partial charge is 0.171 e. The zero-order valence-electron chi connectivity index (χ0n) is 19.2. The van der Waals surface area contributed by atoms with E-state index in [1.165, 1.54) is 30.4 Å². The molecule has 172 valence electrons. The second-order valence-electron chi connectivity index (χ2n) is 8.15. The third-order valence-electron chi connectivity index (χ3n) is 5.35. The summed E-state index contributed by atoms with van der Waals surface area (Å²) in [5.41, 5.74) is 8.18. The van der Waals surface area contributed by atoms with E-state index in [4.69, 9.17) is 15.2 Å². The zero-order valence-corrected chi connectivity index (χ0v) is 19.2. The van der Waals surface area contributed by atoms with Crippen molar-refractivity contribution >= 4 is 0 Å². The van der Waals surface area contributed by atoms with Crippen molar-refractivity contribution in [1.29, 1.82) is 0 Å². The summed E-state index contributed by atoms with van der Waals surface area (Å²) in [6.45, 7) is 5.25. The number of aryl methyl sites for hydroxylation is 3. The van der Waals surface area contributed by atoms with Gasteiger partial charge in [0.05, 0.1) is 0 Å². The van der Waals surface area contributed by atoms with Gasteiger partial charge in [0.2, 0.25) is 0 Å². The largest absolute Gasteiger partial charge is 0.381 e. The highest BCUT2D eigenvalue weighted by Crippen LogP contribution is 2.04. The van der Waals surface area contributed by atoms with Gasteiger partial charge < -0.3 is 15.2 Å². The van der Waals surface area contributed by atoms with Gasteiger partial charge in [0.15, 0.2) is 12.4 Å². The quantitative estimate of drug-likeness (QED) is 0.268. The molecule has 0 aliphatic rings. The summed E-state index contributed by atoms with van der Waals surface area (Å²) in [4.78, 5) is 4.15. The summed E-state index contributed by atoms with van der Waals surface area (Å²) in [6, 6.07) is 8.50. The van der Waals surface area contributed by atoms with Gasteiger partial charge in [0.25, 0.3) is 0 Å². The van der Waals surface area contributed by atoms with E-state index in [9.17, 15) is 0 Å². The molecule has 0 amide bonds. The number of pyridine rings is 2. The van der Waals surface area contributed by atoms with Gasteiger partial charge in [0, 0.05) is 56.9 Å². The molecule has 5 heteroatoms. The maximum absolute atomic E-state index is 5.77. The number of hydrogen-bond donors (Lipinski definition) is 1. The minimum Gasteiger partial charge on any atom is -0.381 e. The standard InChI is InChI=1S/C26H42N3O2/c27-15-3-6-20-31-22-10-14-26-12-8-18-29(24-26)17-4-1-2-5-19-30-21-9-13-25-11-7-16-28-23-25/h7-8,11-12,16,18,23-24H,1-6,9-10,13-15,17,19-22,27H2/q+1. The van der Waals surface area contributed by atoms with Crippen LogP contribution in [0.2, 0.25) is 0 Å². The molecular weight excluding hydrogens is 386 g/mol. The number of aromatic nitrogens is 2. The van der Waals surface area contributed by atoms with Crippen LogP contribution in [0, 0.1) is 0 Å². The molecule has 0 unspecified atom stereocenters. The lowest BCUT2D eigenvalue weighted by Gasteiger charge is -2.05. The molecule has 2 rings (SSSR count). The first-order chi connectivity index (χ1) is 15.4. The maximum Gasteiger partial charge on any atom is 0.171 e. The van der Waals surface area contributed by atoms with Crippen molar-refractivity contribution in [3.05, 3.63) is 60.2 Å². The van der Waals surface area contributed by atoms with Crippen LogP contribution in [-0.2, 0) is 28.9 Å². The van der Waals surface area contributed by atoms with Gasteiger partial charge in [-0.05, 0) is 75.6 Å². The molecular formula is C26H42N3O2+. The van der Waals surface area contributed by atoms with Gasteiger partial charge in [-0.3, -0.25) is 4.98 Å². The number of nitrogens with zero attached hydrogens (tertiary/aromatic N) is 2. The molecule has 0 aromatic carbocycles. The van der Waals surface area contributed by atoms with Crippen LogP contribution in [0.3, 0.4) is 0 Å². The Morgan fingerprint density at radius 1 is 0.742 bits per heavy atom. The molecule has 0 bridgehead atoms. The van der Waals surface area contributed by atoms with Crippen LogP contribution < -0.4 is 10.3 Å². The number of unbranched alkanes of at least 4 members (excludes halogenated alkanes) is 4. The van der Waals surface area contributed by atoms with Crippen LogP contribution in [0.4, 0.5) is 0 Å². The Morgan fingerprint density at radius 3 is 2.16 bits per heavy atom. The average Bonchev–Trinajstić information content (AvgIpc) is 2.81. The molecule has 5 nitrogen and oxygen atoms in total. The number of ether oxygens (including phenoxy) is 2. The third kappa shape index (κ3) is 13.2. The van der Waals surface area contributed by atoms with E-state index in [2.05, 4.69) is 40.1 Å². The third-order valence-corrected chi connectivity index (χ3v) is 5.35. The highest BCUT2D eigenvalue weighted by Gasteiger charge is 2.03. The highest BCUT2D eigenvalue weighted by atomic mass is 16.5. The van der Waals surface area contributed by atoms with Crippen molar-refractivity contribution in [1.82, 2.24) is 4.98 Å². The van der Waals surface area contributed by atoms with Crippen LogP contribution in [0.15, 0.2) is 49.1 Å². The fraction of sp³-hybridized carbons (Fsp3) is 0.615. The van der Waals surface area contributed by atoms with Gasteiger partial charge in [-0.25, -0.2) is 4.57 Å². The Bertz CT molecular complexity index is 667. The van der Waals surface area contributed by atoms with Crippen LogP contribution in [0.1, 0.15) is 62.5 Å². The minimum absolute atomic E-state index is 0.759. The summed E-state index contributed by atoms with van der Waals surface area (Å²) in [5.74, 6) is 0.